The Morgan fingerprint density at radius 1 is 1.40 bits per heavy atom. The molecule has 0 radical (unpaired) electrons. The Hall–Kier alpha value is -0.200. The molecule has 0 amide bonds. The van der Waals surface area contributed by atoms with E-state index in [1.807, 2.05) is 14.0 Å². The second-order valence-corrected chi connectivity index (χ2v) is 3.82. The first-order valence-electron chi connectivity index (χ1n) is 5.30. The third-order valence-corrected chi connectivity index (χ3v) is 2.65. The van der Waals surface area contributed by atoms with Gasteiger partial charge in [-0.1, -0.05) is 0 Å². The van der Waals surface area contributed by atoms with Gasteiger partial charge in [0.15, 0.2) is 0 Å². The van der Waals surface area contributed by atoms with Gasteiger partial charge in [-0.15, -0.1) is 0 Å². The number of hydrogen-bond acceptors (Lipinski definition) is 5. The molecule has 5 heteroatoms. The first-order valence-corrected chi connectivity index (χ1v) is 5.30. The van der Waals surface area contributed by atoms with Crippen LogP contribution in [0, 0.1) is 0 Å². The normalized spacial score (nSPS) is 28.8. The van der Waals surface area contributed by atoms with Crippen molar-refractivity contribution in [3.63, 3.8) is 0 Å². The average Bonchev–Trinajstić information content (AvgIpc) is 2.95. The van der Waals surface area contributed by atoms with Crippen molar-refractivity contribution in [2.24, 2.45) is 0 Å². The monoisotopic (exact) mass is 218 g/mol. The molecule has 2 N–H and O–H groups in total. The Morgan fingerprint density at radius 3 is 2.67 bits per heavy atom. The van der Waals surface area contributed by atoms with Gasteiger partial charge in [0.25, 0.3) is 0 Å². The summed E-state index contributed by atoms with van der Waals surface area (Å²) in [5, 5.41) is 6.45. The summed E-state index contributed by atoms with van der Waals surface area (Å²) in [6.45, 7) is 3.52. The maximum absolute atomic E-state index is 5.44. The molecule has 1 aliphatic heterocycles. The lowest BCUT2D eigenvalue weighted by Crippen LogP contribution is -2.45. The van der Waals surface area contributed by atoms with E-state index in [1.165, 1.54) is 0 Å². The molecule has 1 saturated heterocycles. The van der Waals surface area contributed by atoms with Crippen LogP contribution in [-0.2, 0) is 14.2 Å². The van der Waals surface area contributed by atoms with Gasteiger partial charge in [0, 0.05) is 20.8 Å². The summed E-state index contributed by atoms with van der Waals surface area (Å²) in [5.74, 6) is 0. The first kappa shape index (κ1) is 12.9. The van der Waals surface area contributed by atoms with E-state index in [-0.39, 0.29) is 24.5 Å². The lowest BCUT2D eigenvalue weighted by molar-refractivity contribution is 0.0407. The van der Waals surface area contributed by atoms with Gasteiger partial charge in [-0.2, -0.15) is 0 Å². The Kier molecular flexibility index (Phi) is 5.49. The molecular formula is C10H22N2O3. The summed E-state index contributed by atoms with van der Waals surface area (Å²) in [6.07, 6.45) is 0.526. The van der Waals surface area contributed by atoms with Crippen molar-refractivity contribution in [1.82, 2.24) is 10.6 Å². The maximum atomic E-state index is 5.44. The van der Waals surface area contributed by atoms with Crippen LogP contribution in [0.4, 0.5) is 0 Å². The third kappa shape index (κ3) is 4.04. The van der Waals surface area contributed by atoms with Gasteiger partial charge in [-0.05, 0) is 14.0 Å². The van der Waals surface area contributed by atoms with Gasteiger partial charge in [0.1, 0.15) is 12.3 Å². The molecule has 15 heavy (non-hydrogen) atoms. The molecule has 1 heterocycles. The number of likely N-dealkylation sites (N-methyl/N-ethyl adjacent to an activating group) is 1. The number of hydrogen-bond donors (Lipinski definition) is 2. The fourth-order valence-corrected chi connectivity index (χ4v) is 1.52. The first-order chi connectivity index (χ1) is 7.22. The number of methoxy groups -OCH3 is 2. The Balaban J connectivity index is 2.26. The molecular weight excluding hydrogens is 196 g/mol. The van der Waals surface area contributed by atoms with E-state index in [9.17, 15) is 0 Å². The van der Waals surface area contributed by atoms with E-state index >= 15 is 0 Å². The van der Waals surface area contributed by atoms with E-state index in [4.69, 9.17) is 14.2 Å². The zero-order valence-corrected chi connectivity index (χ0v) is 9.95. The zero-order chi connectivity index (χ0) is 11.3. The molecule has 1 aliphatic rings. The highest BCUT2D eigenvalue weighted by molar-refractivity contribution is 4.88. The topological polar surface area (TPSA) is 55.0 Å². The highest BCUT2D eigenvalue weighted by Crippen LogP contribution is 2.19. The molecule has 0 aromatic carbocycles. The Bertz CT molecular complexity index is 180. The van der Waals surface area contributed by atoms with Crippen molar-refractivity contribution >= 4 is 0 Å². The van der Waals surface area contributed by atoms with Crippen molar-refractivity contribution in [3.8, 4) is 0 Å². The summed E-state index contributed by atoms with van der Waals surface area (Å²) >= 11 is 0. The van der Waals surface area contributed by atoms with Crippen LogP contribution in [0.3, 0.4) is 0 Å². The van der Waals surface area contributed by atoms with Gasteiger partial charge in [-0.25, -0.2) is 0 Å². The van der Waals surface area contributed by atoms with Crippen LogP contribution in [-0.4, -0.2) is 58.9 Å². The van der Waals surface area contributed by atoms with Gasteiger partial charge in [-0.3, -0.25) is 5.32 Å². The average molecular weight is 218 g/mol. The van der Waals surface area contributed by atoms with Crippen LogP contribution in [0.15, 0.2) is 0 Å². The summed E-state index contributed by atoms with van der Waals surface area (Å²) in [5.41, 5.74) is 0. The molecule has 90 valence electrons. The second kappa shape index (κ2) is 6.40. The van der Waals surface area contributed by atoms with Crippen LogP contribution in [0.5, 0.6) is 0 Å². The summed E-state index contributed by atoms with van der Waals surface area (Å²) in [6, 6.07) is 0.173. The molecule has 0 spiro atoms. The smallest absolute Gasteiger partial charge is 0.136 e. The van der Waals surface area contributed by atoms with E-state index < -0.39 is 0 Å². The number of epoxide rings is 1. The lowest BCUT2D eigenvalue weighted by atomic mass is 10.2. The van der Waals surface area contributed by atoms with E-state index in [0.717, 1.165) is 6.54 Å². The van der Waals surface area contributed by atoms with Gasteiger partial charge in [0.2, 0.25) is 0 Å². The molecule has 1 fully saturated rings. The Labute approximate surface area is 91.5 Å². The summed E-state index contributed by atoms with van der Waals surface area (Å²) < 4.78 is 15.9. The quantitative estimate of drug-likeness (QED) is 0.541. The van der Waals surface area contributed by atoms with E-state index in [0.29, 0.717) is 6.61 Å². The maximum Gasteiger partial charge on any atom is 0.136 e. The highest BCUT2D eigenvalue weighted by Gasteiger charge is 2.40. The van der Waals surface area contributed by atoms with Crippen molar-refractivity contribution in [2.75, 3.05) is 34.4 Å². The van der Waals surface area contributed by atoms with Gasteiger partial charge in [0.05, 0.1) is 18.8 Å². The zero-order valence-electron chi connectivity index (χ0n) is 9.95. The van der Waals surface area contributed by atoms with Crippen LogP contribution < -0.4 is 10.6 Å². The number of nitrogens with one attached hydrogen (secondary N) is 2. The SMILES string of the molecule is CNC[C@@H]1OC1NC(COC)C(C)OC. The van der Waals surface area contributed by atoms with Crippen LogP contribution in [0.1, 0.15) is 6.92 Å². The molecule has 3 unspecified atom stereocenters. The minimum Gasteiger partial charge on any atom is -0.383 e. The largest absolute Gasteiger partial charge is 0.383 e. The summed E-state index contributed by atoms with van der Waals surface area (Å²) in [7, 11) is 5.31. The van der Waals surface area contributed by atoms with E-state index in [1.54, 1.807) is 14.2 Å². The molecule has 0 bridgehead atoms. The molecule has 0 saturated carbocycles. The van der Waals surface area contributed by atoms with Crippen LogP contribution in [0.2, 0.25) is 0 Å². The number of rotatable bonds is 8. The predicted molar refractivity (Wildman–Crippen MR) is 57.9 cm³/mol. The van der Waals surface area contributed by atoms with E-state index in [2.05, 4.69) is 10.6 Å². The van der Waals surface area contributed by atoms with Crippen LogP contribution >= 0.6 is 0 Å². The second-order valence-electron chi connectivity index (χ2n) is 3.82. The fraction of sp³-hybridized carbons (Fsp3) is 1.00. The minimum absolute atomic E-state index is 0.115. The van der Waals surface area contributed by atoms with Gasteiger partial charge >= 0.3 is 0 Å². The third-order valence-electron chi connectivity index (χ3n) is 2.65. The van der Waals surface area contributed by atoms with Gasteiger partial charge < -0.3 is 19.5 Å². The fourth-order valence-electron chi connectivity index (χ4n) is 1.52. The minimum atomic E-state index is 0.115. The molecule has 0 aromatic heterocycles. The van der Waals surface area contributed by atoms with Crippen molar-refractivity contribution in [1.29, 1.82) is 0 Å². The highest BCUT2D eigenvalue weighted by atomic mass is 16.6. The Morgan fingerprint density at radius 2 is 2.13 bits per heavy atom. The predicted octanol–water partition coefficient (Wildman–Crippen LogP) is -0.430. The van der Waals surface area contributed by atoms with Crippen LogP contribution in [0.25, 0.3) is 0 Å². The van der Waals surface area contributed by atoms with Crippen molar-refractivity contribution in [3.05, 3.63) is 0 Å². The van der Waals surface area contributed by atoms with Crippen molar-refractivity contribution in [2.45, 2.75) is 31.4 Å². The van der Waals surface area contributed by atoms with Crippen molar-refractivity contribution < 1.29 is 14.2 Å². The molecule has 0 aliphatic carbocycles. The lowest BCUT2D eigenvalue weighted by Gasteiger charge is -2.22. The molecule has 4 atom stereocenters. The number of ether oxygens (including phenoxy) is 3. The molecule has 1 rings (SSSR count). The standard InChI is InChI=1S/C10H22N2O3/c1-7(14-4)8(6-13-3)12-10-9(15-10)5-11-2/h7-12H,5-6H2,1-4H3/t7?,8?,9-,10?/m0/s1. The molecule has 0 aromatic rings. The summed E-state index contributed by atoms with van der Waals surface area (Å²) in [4.78, 5) is 0. The molecule has 5 nitrogen and oxygen atoms in total.